The molecule has 2 atom stereocenters. The maximum atomic E-state index is 12.2. The summed E-state index contributed by atoms with van der Waals surface area (Å²) in [5, 5.41) is 0. The maximum absolute atomic E-state index is 12.2. The van der Waals surface area contributed by atoms with Crippen molar-refractivity contribution >= 4 is 11.9 Å². The first-order chi connectivity index (χ1) is 10.5. The van der Waals surface area contributed by atoms with Gasteiger partial charge in [-0.3, -0.25) is 4.79 Å². The Morgan fingerprint density at radius 2 is 1.86 bits per heavy atom. The second-order valence-electron chi connectivity index (χ2n) is 5.33. The third-order valence-corrected chi connectivity index (χ3v) is 3.42. The van der Waals surface area contributed by atoms with Crippen molar-refractivity contribution < 1.29 is 23.8 Å². The Morgan fingerprint density at radius 3 is 2.50 bits per heavy atom. The molecule has 22 heavy (non-hydrogen) atoms. The van der Waals surface area contributed by atoms with Crippen LogP contribution in [0.15, 0.2) is 24.3 Å². The van der Waals surface area contributed by atoms with Gasteiger partial charge >= 0.3 is 5.97 Å². The Kier molecular flexibility index (Phi) is 5.38. The smallest absolute Gasteiger partial charge is 0.341 e. The van der Waals surface area contributed by atoms with Gasteiger partial charge in [-0.15, -0.1) is 0 Å². The lowest BCUT2D eigenvalue weighted by Crippen LogP contribution is -2.49. The van der Waals surface area contributed by atoms with Crippen LogP contribution in [0.2, 0.25) is 0 Å². The van der Waals surface area contributed by atoms with Crippen LogP contribution in [0.5, 0.6) is 5.75 Å². The van der Waals surface area contributed by atoms with Crippen molar-refractivity contribution in [3.05, 3.63) is 29.8 Å². The quantitative estimate of drug-likeness (QED) is 0.789. The molecule has 2 unspecified atom stereocenters. The van der Waals surface area contributed by atoms with Crippen LogP contribution in [0.1, 0.15) is 24.2 Å². The fourth-order valence-electron chi connectivity index (χ4n) is 2.48. The molecule has 0 spiro atoms. The van der Waals surface area contributed by atoms with Crippen LogP contribution in [-0.2, 0) is 14.3 Å². The number of carbonyl (C=O) groups excluding carboxylic acids is 2. The summed E-state index contributed by atoms with van der Waals surface area (Å²) in [4.78, 5) is 25.6. The minimum Gasteiger partial charge on any atom is -0.483 e. The first-order valence-electron chi connectivity index (χ1n) is 7.24. The Bertz CT molecular complexity index is 535. The van der Waals surface area contributed by atoms with Gasteiger partial charge in [0.25, 0.3) is 5.91 Å². The van der Waals surface area contributed by atoms with E-state index >= 15 is 0 Å². The second kappa shape index (κ2) is 7.26. The maximum Gasteiger partial charge on any atom is 0.341 e. The van der Waals surface area contributed by atoms with Gasteiger partial charge in [0.2, 0.25) is 0 Å². The molecule has 0 bridgehead atoms. The SMILES string of the molecule is COC(=O)c1ccccc1OCC(=O)N1CC(C)OC(C)C1. The number of rotatable bonds is 4. The number of carbonyl (C=O) groups is 2. The highest BCUT2D eigenvalue weighted by Crippen LogP contribution is 2.19. The van der Waals surface area contributed by atoms with Crippen molar-refractivity contribution in [2.75, 3.05) is 26.8 Å². The van der Waals surface area contributed by atoms with E-state index in [-0.39, 0.29) is 24.7 Å². The molecule has 120 valence electrons. The van der Waals surface area contributed by atoms with Gasteiger partial charge in [0.15, 0.2) is 6.61 Å². The number of hydrogen-bond donors (Lipinski definition) is 0. The predicted octanol–water partition coefficient (Wildman–Crippen LogP) is 1.49. The summed E-state index contributed by atoms with van der Waals surface area (Å²) in [6, 6.07) is 6.70. The third kappa shape index (κ3) is 3.98. The van der Waals surface area contributed by atoms with Crippen molar-refractivity contribution in [3.63, 3.8) is 0 Å². The van der Waals surface area contributed by atoms with Crippen LogP contribution >= 0.6 is 0 Å². The zero-order chi connectivity index (χ0) is 16.1. The number of morpholine rings is 1. The van der Waals surface area contributed by atoms with Crippen molar-refractivity contribution in [2.45, 2.75) is 26.1 Å². The zero-order valence-electron chi connectivity index (χ0n) is 13.1. The summed E-state index contributed by atoms with van der Waals surface area (Å²) < 4.78 is 15.8. The summed E-state index contributed by atoms with van der Waals surface area (Å²) in [5.41, 5.74) is 0.307. The highest BCUT2D eigenvalue weighted by atomic mass is 16.5. The molecule has 2 rings (SSSR count). The van der Waals surface area contributed by atoms with Crippen molar-refractivity contribution in [3.8, 4) is 5.75 Å². The molecule has 0 saturated carbocycles. The van der Waals surface area contributed by atoms with Gasteiger partial charge in [0.05, 0.1) is 19.3 Å². The van der Waals surface area contributed by atoms with Gasteiger partial charge in [0.1, 0.15) is 11.3 Å². The minimum atomic E-state index is -0.489. The van der Waals surface area contributed by atoms with Crippen molar-refractivity contribution in [2.24, 2.45) is 0 Å². The topological polar surface area (TPSA) is 65.1 Å². The van der Waals surface area contributed by atoms with Crippen molar-refractivity contribution in [1.29, 1.82) is 0 Å². The molecule has 1 aliphatic heterocycles. The molecule has 0 aliphatic carbocycles. The van der Waals surface area contributed by atoms with E-state index in [4.69, 9.17) is 14.2 Å². The fraction of sp³-hybridized carbons (Fsp3) is 0.500. The third-order valence-electron chi connectivity index (χ3n) is 3.42. The Labute approximate surface area is 129 Å². The number of methoxy groups -OCH3 is 1. The van der Waals surface area contributed by atoms with Crippen LogP contribution in [0.25, 0.3) is 0 Å². The average Bonchev–Trinajstić information content (AvgIpc) is 2.51. The second-order valence-corrected chi connectivity index (χ2v) is 5.33. The Morgan fingerprint density at radius 1 is 1.23 bits per heavy atom. The minimum absolute atomic E-state index is 0.00931. The molecule has 1 heterocycles. The van der Waals surface area contributed by atoms with Crippen LogP contribution < -0.4 is 4.74 Å². The fourth-order valence-corrected chi connectivity index (χ4v) is 2.48. The largest absolute Gasteiger partial charge is 0.483 e. The first-order valence-corrected chi connectivity index (χ1v) is 7.24. The number of ether oxygens (including phenoxy) is 3. The number of hydrogen-bond acceptors (Lipinski definition) is 5. The molecular weight excluding hydrogens is 286 g/mol. The van der Waals surface area contributed by atoms with E-state index in [2.05, 4.69) is 0 Å². The van der Waals surface area contributed by atoms with E-state index in [1.165, 1.54) is 7.11 Å². The average molecular weight is 307 g/mol. The molecule has 6 nitrogen and oxygen atoms in total. The number of amides is 1. The first kappa shape index (κ1) is 16.3. The lowest BCUT2D eigenvalue weighted by atomic mass is 10.2. The lowest BCUT2D eigenvalue weighted by Gasteiger charge is -2.35. The molecule has 0 radical (unpaired) electrons. The van der Waals surface area contributed by atoms with E-state index in [9.17, 15) is 9.59 Å². The highest BCUT2D eigenvalue weighted by Gasteiger charge is 2.26. The number of para-hydroxylation sites is 1. The van der Waals surface area contributed by atoms with Gasteiger partial charge < -0.3 is 19.1 Å². The van der Waals surface area contributed by atoms with Crippen LogP contribution in [0.3, 0.4) is 0 Å². The summed E-state index contributed by atoms with van der Waals surface area (Å²) in [6.07, 6.45) is 0.0186. The van der Waals surface area contributed by atoms with Gasteiger partial charge in [-0.25, -0.2) is 4.79 Å². The molecule has 1 aromatic carbocycles. The Hall–Kier alpha value is -2.08. The molecule has 0 aromatic heterocycles. The highest BCUT2D eigenvalue weighted by molar-refractivity contribution is 5.92. The van der Waals surface area contributed by atoms with Crippen LogP contribution in [0.4, 0.5) is 0 Å². The predicted molar refractivity (Wildman–Crippen MR) is 79.9 cm³/mol. The standard InChI is InChI=1S/C16H21NO5/c1-11-8-17(9-12(2)22-11)15(18)10-21-14-7-5-4-6-13(14)16(19)20-3/h4-7,11-12H,8-10H2,1-3H3. The molecular formula is C16H21NO5. The van der Waals surface area contributed by atoms with Gasteiger partial charge in [0, 0.05) is 13.1 Å². The number of nitrogens with zero attached hydrogens (tertiary/aromatic N) is 1. The summed E-state index contributed by atoms with van der Waals surface area (Å²) in [6.45, 7) is 4.84. The van der Waals surface area contributed by atoms with Crippen molar-refractivity contribution in [1.82, 2.24) is 4.90 Å². The Balaban J connectivity index is 1.98. The monoisotopic (exact) mass is 307 g/mol. The molecule has 0 N–H and O–H groups in total. The van der Waals surface area contributed by atoms with Crippen LogP contribution in [-0.4, -0.2) is 55.8 Å². The van der Waals surface area contributed by atoms with E-state index in [0.29, 0.717) is 24.4 Å². The lowest BCUT2D eigenvalue weighted by molar-refractivity contribution is -0.145. The van der Waals surface area contributed by atoms with E-state index in [1.54, 1.807) is 29.2 Å². The van der Waals surface area contributed by atoms with Gasteiger partial charge in [-0.1, -0.05) is 12.1 Å². The molecule has 1 aliphatic rings. The number of benzene rings is 1. The van der Waals surface area contributed by atoms with E-state index < -0.39 is 5.97 Å². The summed E-state index contributed by atoms with van der Waals surface area (Å²) in [5.74, 6) is -0.268. The van der Waals surface area contributed by atoms with E-state index in [1.807, 2.05) is 13.8 Å². The molecule has 1 amide bonds. The molecule has 6 heteroatoms. The van der Waals surface area contributed by atoms with E-state index in [0.717, 1.165) is 0 Å². The van der Waals surface area contributed by atoms with Crippen LogP contribution in [0, 0.1) is 0 Å². The summed E-state index contributed by atoms with van der Waals surface area (Å²) >= 11 is 0. The van der Waals surface area contributed by atoms with Gasteiger partial charge in [-0.2, -0.15) is 0 Å². The summed E-state index contributed by atoms with van der Waals surface area (Å²) in [7, 11) is 1.31. The zero-order valence-corrected chi connectivity index (χ0v) is 13.1. The molecule has 1 saturated heterocycles. The molecule has 1 fully saturated rings. The normalized spacial score (nSPS) is 21.3. The number of esters is 1. The molecule has 1 aromatic rings. The van der Waals surface area contributed by atoms with Gasteiger partial charge in [-0.05, 0) is 26.0 Å².